The van der Waals surface area contributed by atoms with E-state index in [1.807, 2.05) is 50.2 Å². The highest BCUT2D eigenvalue weighted by Gasteiger charge is 2.45. The second-order valence-electron chi connectivity index (χ2n) is 8.64. The summed E-state index contributed by atoms with van der Waals surface area (Å²) in [4.78, 5) is 32.4. The zero-order valence-corrected chi connectivity index (χ0v) is 19.0. The van der Waals surface area contributed by atoms with Gasteiger partial charge < -0.3 is 15.0 Å². The Morgan fingerprint density at radius 2 is 1.82 bits per heavy atom. The molecule has 33 heavy (non-hydrogen) atoms. The average molecular weight is 444 g/mol. The van der Waals surface area contributed by atoms with E-state index >= 15 is 0 Å². The summed E-state index contributed by atoms with van der Waals surface area (Å²) in [5.41, 5.74) is 2.44. The third-order valence-corrected chi connectivity index (χ3v) is 5.79. The molecule has 170 valence electrons. The Morgan fingerprint density at radius 3 is 2.55 bits per heavy atom. The van der Waals surface area contributed by atoms with Crippen LogP contribution in [-0.4, -0.2) is 53.0 Å². The van der Waals surface area contributed by atoms with Crippen LogP contribution < -0.4 is 5.32 Å². The molecule has 1 N–H and O–H groups in total. The Kier molecular flexibility index (Phi) is 6.84. The van der Waals surface area contributed by atoms with Crippen LogP contribution in [0.25, 0.3) is 11.1 Å². The summed E-state index contributed by atoms with van der Waals surface area (Å²) in [7, 11) is 0. The minimum absolute atomic E-state index is 0.0493. The lowest BCUT2D eigenvalue weighted by Gasteiger charge is -2.42. The van der Waals surface area contributed by atoms with Gasteiger partial charge >= 0.3 is 0 Å². The predicted octanol–water partition coefficient (Wildman–Crippen LogP) is 3.73. The molecular weight excluding hydrogens is 414 g/mol. The third-order valence-electron chi connectivity index (χ3n) is 5.79. The van der Waals surface area contributed by atoms with E-state index in [0.29, 0.717) is 18.5 Å². The smallest absolute Gasteiger partial charge is 0.255 e. The molecule has 3 aromatic rings. The van der Waals surface area contributed by atoms with Gasteiger partial charge in [-0.15, -0.1) is 0 Å². The van der Waals surface area contributed by atoms with Crippen molar-refractivity contribution in [1.82, 2.24) is 15.2 Å². The van der Waals surface area contributed by atoms with Gasteiger partial charge in [-0.05, 0) is 42.7 Å². The van der Waals surface area contributed by atoms with Gasteiger partial charge in [-0.3, -0.25) is 14.6 Å². The van der Waals surface area contributed by atoms with Gasteiger partial charge in [0.2, 0.25) is 0 Å². The molecule has 0 spiro atoms. The molecule has 4 rings (SSSR count). The van der Waals surface area contributed by atoms with Crippen LogP contribution >= 0.6 is 0 Å². The fourth-order valence-corrected chi connectivity index (χ4v) is 4.23. The number of hydrogen-bond donors (Lipinski definition) is 1. The molecule has 0 aliphatic carbocycles. The molecule has 2 heterocycles. The molecule has 1 aliphatic rings. The first-order valence-electron chi connectivity index (χ1n) is 11.3. The first-order valence-corrected chi connectivity index (χ1v) is 11.3. The van der Waals surface area contributed by atoms with Gasteiger partial charge in [-0.2, -0.15) is 0 Å². The molecule has 1 atom stereocenters. The van der Waals surface area contributed by atoms with E-state index in [-0.39, 0.29) is 31.0 Å². The number of aromatic nitrogens is 1. The number of carbonyl (C=O) groups excluding carboxylic acids is 2. The van der Waals surface area contributed by atoms with Crippen molar-refractivity contribution in [3.05, 3.63) is 90.3 Å². The van der Waals surface area contributed by atoms with Crippen LogP contribution in [0.4, 0.5) is 0 Å². The summed E-state index contributed by atoms with van der Waals surface area (Å²) < 4.78 is 6.22. The highest BCUT2D eigenvalue weighted by Crippen LogP contribution is 2.31. The summed E-state index contributed by atoms with van der Waals surface area (Å²) in [6.07, 6.45) is 3.54. The predicted molar refractivity (Wildman–Crippen MR) is 128 cm³/mol. The summed E-state index contributed by atoms with van der Waals surface area (Å²) in [5, 5.41) is 3.02. The molecule has 0 saturated carbocycles. The van der Waals surface area contributed by atoms with Crippen molar-refractivity contribution >= 4 is 11.8 Å². The van der Waals surface area contributed by atoms with E-state index < -0.39 is 5.60 Å². The number of amides is 2. The second-order valence-corrected chi connectivity index (χ2v) is 8.64. The molecule has 1 unspecified atom stereocenters. The minimum Gasteiger partial charge on any atom is -0.361 e. The number of pyridine rings is 1. The fraction of sp³-hybridized carbons (Fsp3) is 0.296. The Labute approximate surface area is 194 Å². The lowest BCUT2D eigenvalue weighted by molar-refractivity contribution is -0.157. The maximum atomic E-state index is 13.5. The van der Waals surface area contributed by atoms with E-state index in [0.717, 1.165) is 16.7 Å². The lowest BCUT2D eigenvalue weighted by Crippen LogP contribution is -2.62. The first-order chi connectivity index (χ1) is 16.0. The van der Waals surface area contributed by atoms with Crippen molar-refractivity contribution in [3.8, 4) is 11.1 Å². The van der Waals surface area contributed by atoms with Gasteiger partial charge in [0, 0.05) is 31.4 Å². The van der Waals surface area contributed by atoms with Crippen molar-refractivity contribution in [2.75, 3.05) is 19.7 Å². The van der Waals surface area contributed by atoms with Crippen LogP contribution in [0.5, 0.6) is 0 Å². The summed E-state index contributed by atoms with van der Waals surface area (Å²) in [5.74, 6) is -0.353. The van der Waals surface area contributed by atoms with Crippen LogP contribution in [0, 0.1) is 0 Å². The molecular formula is C27H29N3O3. The van der Waals surface area contributed by atoms with Gasteiger partial charge in [-0.25, -0.2) is 0 Å². The molecule has 1 fully saturated rings. The Bertz CT molecular complexity index is 1100. The number of carbonyl (C=O) groups is 2. The highest BCUT2D eigenvalue weighted by molar-refractivity contribution is 5.95. The van der Waals surface area contributed by atoms with Crippen molar-refractivity contribution in [2.45, 2.75) is 31.9 Å². The van der Waals surface area contributed by atoms with E-state index in [1.54, 1.807) is 29.4 Å². The number of rotatable bonds is 6. The van der Waals surface area contributed by atoms with Gasteiger partial charge in [0.25, 0.3) is 11.8 Å². The Balaban J connectivity index is 1.69. The van der Waals surface area contributed by atoms with Gasteiger partial charge in [0.05, 0.1) is 18.7 Å². The zero-order chi connectivity index (χ0) is 23.3. The maximum absolute atomic E-state index is 13.5. The van der Waals surface area contributed by atoms with Gasteiger partial charge in [0.1, 0.15) is 0 Å². The number of ether oxygens (including phenoxy) is 1. The number of hydrogen-bond acceptors (Lipinski definition) is 4. The summed E-state index contributed by atoms with van der Waals surface area (Å²) in [6, 6.07) is 21.6. The minimum atomic E-state index is -1.19. The van der Waals surface area contributed by atoms with Crippen LogP contribution in [-0.2, 0) is 16.0 Å². The molecule has 1 aliphatic heterocycles. The van der Waals surface area contributed by atoms with Crippen LogP contribution in [0.2, 0.25) is 0 Å². The highest BCUT2D eigenvalue weighted by atomic mass is 16.5. The number of nitrogens with zero attached hydrogens (tertiary/aromatic N) is 2. The molecule has 2 aromatic carbocycles. The Hall–Kier alpha value is -3.51. The maximum Gasteiger partial charge on any atom is 0.255 e. The van der Waals surface area contributed by atoms with E-state index in [2.05, 4.69) is 28.5 Å². The van der Waals surface area contributed by atoms with Crippen LogP contribution in [0.15, 0.2) is 79.1 Å². The van der Waals surface area contributed by atoms with E-state index in [4.69, 9.17) is 4.74 Å². The van der Waals surface area contributed by atoms with Gasteiger partial charge in [-0.1, -0.05) is 54.6 Å². The topological polar surface area (TPSA) is 71.5 Å². The normalized spacial score (nSPS) is 18.2. The van der Waals surface area contributed by atoms with Crippen molar-refractivity contribution in [2.24, 2.45) is 0 Å². The second kappa shape index (κ2) is 9.96. The lowest BCUT2D eigenvalue weighted by atomic mass is 9.87. The first kappa shape index (κ1) is 22.7. The van der Waals surface area contributed by atoms with Gasteiger partial charge in [0.15, 0.2) is 5.60 Å². The number of morpholine rings is 1. The van der Waals surface area contributed by atoms with Crippen molar-refractivity contribution in [1.29, 1.82) is 0 Å². The van der Waals surface area contributed by atoms with E-state index in [1.165, 1.54) is 0 Å². The number of nitrogens with one attached hydrogen (secondary N) is 1. The van der Waals surface area contributed by atoms with Crippen molar-refractivity contribution in [3.63, 3.8) is 0 Å². The molecule has 2 amide bonds. The third kappa shape index (κ3) is 5.12. The molecule has 6 heteroatoms. The van der Waals surface area contributed by atoms with E-state index in [9.17, 15) is 9.59 Å². The van der Waals surface area contributed by atoms with Crippen LogP contribution in [0.1, 0.15) is 29.8 Å². The molecule has 6 nitrogen and oxygen atoms in total. The fourth-order valence-electron chi connectivity index (χ4n) is 4.23. The molecule has 1 saturated heterocycles. The monoisotopic (exact) mass is 443 g/mol. The molecule has 0 radical (unpaired) electrons. The standard InChI is InChI=1S/C27H29N3O3/c1-20(2)29-26(32)27(17-22-11-6-7-13-24(22)21-9-4-3-5-10-21)19-30(15-16-33-27)25(31)23-12-8-14-28-18-23/h3-14,18,20H,15-17,19H2,1-2H3,(H,29,32). The van der Waals surface area contributed by atoms with Crippen molar-refractivity contribution < 1.29 is 14.3 Å². The summed E-state index contributed by atoms with van der Waals surface area (Å²) >= 11 is 0. The zero-order valence-electron chi connectivity index (χ0n) is 19.0. The SMILES string of the molecule is CC(C)NC(=O)C1(Cc2ccccc2-c2ccccc2)CN(C(=O)c2cccnc2)CCO1. The number of benzene rings is 2. The largest absolute Gasteiger partial charge is 0.361 e. The summed E-state index contributed by atoms with van der Waals surface area (Å²) in [6.45, 7) is 4.72. The average Bonchev–Trinajstić information content (AvgIpc) is 2.85. The van der Waals surface area contributed by atoms with Crippen LogP contribution in [0.3, 0.4) is 0 Å². The Morgan fingerprint density at radius 1 is 1.06 bits per heavy atom. The molecule has 1 aromatic heterocycles. The quantitative estimate of drug-likeness (QED) is 0.630. The molecule has 0 bridgehead atoms.